The van der Waals surface area contributed by atoms with Crippen molar-refractivity contribution in [3.05, 3.63) is 53.4 Å². The summed E-state index contributed by atoms with van der Waals surface area (Å²) in [6.07, 6.45) is 1.65. The Morgan fingerprint density at radius 2 is 1.84 bits per heavy atom. The Bertz CT molecular complexity index is 1190. The van der Waals surface area contributed by atoms with Crippen LogP contribution in [-0.4, -0.2) is 51.2 Å². The van der Waals surface area contributed by atoms with E-state index in [-0.39, 0.29) is 4.90 Å². The number of benzene rings is 2. The molecule has 3 aromatic rings. The van der Waals surface area contributed by atoms with E-state index >= 15 is 0 Å². The Kier molecular flexibility index (Phi) is 7.84. The van der Waals surface area contributed by atoms with Crippen molar-refractivity contribution in [2.24, 2.45) is 5.10 Å². The minimum absolute atomic E-state index is 0.257. The molecule has 0 fully saturated rings. The Labute approximate surface area is 192 Å². The maximum absolute atomic E-state index is 12.8. The molecular weight excluding hydrogens is 448 g/mol. The lowest BCUT2D eigenvalue weighted by Gasteiger charge is -2.18. The van der Waals surface area contributed by atoms with Crippen LogP contribution >= 0.6 is 11.3 Å². The van der Waals surface area contributed by atoms with Crippen molar-refractivity contribution < 1.29 is 17.9 Å². The maximum atomic E-state index is 12.8. The van der Waals surface area contributed by atoms with Gasteiger partial charge in [-0.15, -0.1) is 11.3 Å². The van der Waals surface area contributed by atoms with Gasteiger partial charge in [0.2, 0.25) is 15.2 Å². The maximum Gasteiger partial charge on any atom is 0.243 e. The van der Waals surface area contributed by atoms with Gasteiger partial charge in [-0.2, -0.15) is 9.41 Å². The van der Waals surface area contributed by atoms with Crippen LogP contribution < -0.4 is 14.9 Å². The van der Waals surface area contributed by atoms with E-state index in [2.05, 4.69) is 15.5 Å². The number of rotatable bonds is 10. The van der Waals surface area contributed by atoms with Gasteiger partial charge >= 0.3 is 0 Å². The van der Waals surface area contributed by atoms with E-state index in [0.29, 0.717) is 35.4 Å². The number of hydrogen-bond acceptors (Lipinski definition) is 8. The van der Waals surface area contributed by atoms with Crippen LogP contribution in [0.3, 0.4) is 0 Å². The summed E-state index contributed by atoms with van der Waals surface area (Å²) in [6, 6.07) is 12.3. The van der Waals surface area contributed by atoms with Crippen LogP contribution in [-0.2, 0) is 10.0 Å². The molecule has 0 aliphatic rings. The molecule has 1 aromatic heterocycles. The van der Waals surface area contributed by atoms with Gasteiger partial charge in [-0.25, -0.2) is 13.4 Å². The topological polar surface area (TPSA) is 93.1 Å². The first kappa shape index (κ1) is 23.7. The number of ether oxygens (including phenoxy) is 2. The van der Waals surface area contributed by atoms with E-state index in [4.69, 9.17) is 9.47 Å². The van der Waals surface area contributed by atoms with Gasteiger partial charge in [0, 0.05) is 24.0 Å². The molecule has 1 heterocycles. The number of thiazole rings is 1. The zero-order valence-electron chi connectivity index (χ0n) is 18.4. The van der Waals surface area contributed by atoms with E-state index in [1.54, 1.807) is 44.7 Å². The molecule has 8 nitrogen and oxygen atoms in total. The molecule has 32 heavy (non-hydrogen) atoms. The molecule has 0 unspecified atom stereocenters. The molecule has 0 saturated heterocycles. The highest BCUT2D eigenvalue weighted by Gasteiger charge is 2.22. The molecule has 0 bridgehead atoms. The predicted molar refractivity (Wildman–Crippen MR) is 128 cm³/mol. The number of nitrogens with zero attached hydrogens (tertiary/aromatic N) is 3. The highest BCUT2D eigenvalue weighted by molar-refractivity contribution is 7.89. The van der Waals surface area contributed by atoms with E-state index in [0.717, 1.165) is 11.1 Å². The quantitative estimate of drug-likeness (QED) is 0.348. The van der Waals surface area contributed by atoms with E-state index in [1.165, 1.54) is 15.6 Å². The fourth-order valence-corrected chi connectivity index (χ4v) is 5.25. The van der Waals surface area contributed by atoms with Crippen molar-refractivity contribution in [3.8, 4) is 22.8 Å². The number of aromatic nitrogens is 1. The van der Waals surface area contributed by atoms with Crippen molar-refractivity contribution in [2.75, 3.05) is 32.7 Å². The number of methoxy groups -OCH3 is 2. The molecule has 0 aliphatic heterocycles. The molecule has 3 rings (SSSR count). The third kappa shape index (κ3) is 5.26. The lowest BCUT2D eigenvalue weighted by Crippen LogP contribution is -2.30. The standard InChI is InChI=1S/C22H26N4O4S2/c1-5-26(6-2)32(27,28)18-9-7-8-17(13-18)19-15-31-22(24-19)25-23-14-16-10-11-20(29-3)21(12-16)30-4/h7-15H,5-6H2,1-4H3,(H,24,25)/b23-14+. The second-order valence-corrected chi connectivity index (χ2v) is 9.44. The van der Waals surface area contributed by atoms with Crippen molar-refractivity contribution in [1.82, 2.24) is 9.29 Å². The van der Waals surface area contributed by atoms with Gasteiger partial charge in [0.25, 0.3) is 0 Å². The highest BCUT2D eigenvalue weighted by Crippen LogP contribution is 2.28. The number of hydrazone groups is 1. The summed E-state index contributed by atoms with van der Waals surface area (Å²) in [4.78, 5) is 4.78. The fraction of sp³-hybridized carbons (Fsp3) is 0.273. The molecule has 0 saturated carbocycles. The minimum Gasteiger partial charge on any atom is -0.493 e. The molecular formula is C22H26N4O4S2. The SMILES string of the molecule is CCN(CC)S(=O)(=O)c1cccc(-c2csc(N/N=C/c3ccc(OC)c(OC)c3)n2)c1. The van der Waals surface area contributed by atoms with Crippen LogP contribution in [0.5, 0.6) is 11.5 Å². The average molecular weight is 475 g/mol. The second kappa shape index (κ2) is 10.6. The Morgan fingerprint density at radius 3 is 2.53 bits per heavy atom. The molecule has 10 heteroatoms. The summed E-state index contributed by atoms with van der Waals surface area (Å²) in [6.45, 7) is 4.50. The van der Waals surface area contributed by atoms with Crippen molar-refractivity contribution in [1.29, 1.82) is 0 Å². The zero-order chi connectivity index (χ0) is 23.1. The fourth-order valence-electron chi connectivity index (χ4n) is 3.08. The van der Waals surface area contributed by atoms with E-state index in [1.807, 2.05) is 37.4 Å². The predicted octanol–water partition coefficient (Wildman–Crippen LogP) is 4.30. The normalized spacial score (nSPS) is 11.8. The zero-order valence-corrected chi connectivity index (χ0v) is 20.0. The number of anilines is 1. The van der Waals surface area contributed by atoms with Crippen LogP contribution in [0.1, 0.15) is 19.4 Å². The average Bonchev–Trinajstić information content (AvgIpc) is 3.28. The van der Waals surface area contributed by atoms with Gasteiger partial charge in [-0.3, -0.25) is 5.43 Å². The molecule has 1 N–H and O–H groups in total. The van der Waals surface area contributed by atoms with Crippen LogP contribution in [0.4, 0.5) is 5.13 Å². The lowest BCUT2D eigenvalue weighted by atomic mass is 10.2. The molecule has 170 valence electrons. The number of sulfonamides is 1. The highest BCUT2D eigenvalue weighted by atomic mass is 32.2. The third-order valence-corrected chi connectivity index (χ3v) is 7.55. The Morgan fingerprint density at radius 1 is 1.09 bits per heavy atom. The van der Waals surface area contributed by atoms with Crippen molar-refractivity contribution >= 4 is 32.7 Å². The first-order valence-corrected chi connectivity index (χ1v) is 12.3. The van der Waals surface area contributed by atoms with Crippen molar-refractivity contribution in [2.45, 2.75) is 18.7 Å². The summed E-state index contributed by atoms with van der Waals surface area (Å²) in [5.41, 5.74) is 5.15. The van der Waals surface area contributed by atoms with Crippen LogP contribution in [0.2, 0.25) is 0 Å². The van der Waals surface area contributed by atoms with Gasteiger partial charge in [-0.05, 0) is 35.9 Å². The summed E-state index contributed by atoms with van der Waals surface area (Å²) >= 11 is 1.38. The van der Waals surface area contributed by atoms with Crippen molar-refractivity contribution in [3.63, 3.8) is 0 Å². The molecule has 0 spiro atoms. The monoisotopic (exact) mass is 474 g/mol. The number of hydrogen-bond donors (Lipinski definition) is 1. The Balaban J connectivity index is 1.75. The smallest absolute Gasteiger partial charge is 0.243 e. The molecule has 0 atom stereocenters. The first-order chi connectivity index (χ1) is 15.4. The summed E-state index contributed by atoms with van der Waals surface area (Å²) in [5, 5.41) is 6.68. The summed E-state index contributed by atoms with van der Waals surface area (Å²) < 4.78 is 37.6. The Hall–Kier alpha value is -2.95. The van der Waals surface area contributed by atoms with Gasteiger partial charge in [0.1, 0.15) is 0 Å². The number of nitrogens with one attached hydrogen (secondary N) is 1. The summed E-state index contributed by atoms with van der Waals surface area (Å²) in [5.74, 6) is 1.26. The van der Waals surface area contributed by atoms with Crippen LogP contribution in [0.15, 0.2) is 57.8 Å². The molecule has 0 amide bonds. The summed E-state index contributed by atoms with van der Waals surface area (Å²) in [7, 11) is -0.365. The third-order valence-electron chi connectivity index (χ3n) is 4.76. The largest absolute Gasteiger partial charge is 0.493 e. The lowest BCUT2D eigenvalue weighted by molar-refractivity contribution is 0.355. The van der Waals surface area contributed by atoms with Gasteiger partial charge in [0.15, 0.2) is 11.5 Å². The van der Waals surface area contributed by atoms with Crippen LogP contribution in [0.25, 0.3) is 11.3 Å². The first-order valence-electron chi connectivity index (χ1n) is 10.00. The van der Waals surface area contributed by atoms with Crippen LogP contribution in [0, 0.1) is 0 Å². The second-order valence-electron chi connectivity index (χ2n) is 6.64. The van der Waals surface area contributed by atoms with E-state index < -0.39 is 10.0 Å². The van der Waals surface area contributed by atoms with Gasteiger partial charge < -0.3 is 9.47 Å². The molecule has 0 radical (unpaired) electrons. The molecule has 0 aliphatic carbocycles. The molecule has 2 aromatic carbocycles. The minimum atomic E-state index is -3.53. The van der Waals surface area contributed by atoms with Gasteiger partial charge in [0.05, 0.1) is 31.0 Å². The van der Waals surface area contributed by atoms with Gasteiger partial charge in [-0.1, -0.05) is 26.0 Å². The van der Waals surface area contributed by atoms with E-state index in [9.17, 15) is 8.42 Å².